The smallest absolute Gasteiger partial charge is 0.768 e. The second-order valence-electron chi connectivity index (χ2n) is 2.87. The SMILES string of the molecule is Cc1ccc(S(=O)[O-])c(C)c1C.[Li+]. The van der Waals surface area contributed by atoms with Crippen LogP contribution in [-0.2, 0) is 11.1 Å². The Labute approximate surface area is 93.2 Å². The monoisotopic (exact) mass is 190 g/mol. The molecule has 0 amide bonds. The first-order valence-electron chi connectivity index (χ1n) is 3.70. The molecule has 1 unspecified atom stereocenters. The summed E-state index contributed by atoms with van der Waals surface area (Å²) < 4.78 is 21.4. The molecule has 0 spiro atoms. The van der Waals surface area contributed by atoms with E-state index in [1.54, 1.807) is 6.07 Å². The van der Waals surface area contributed by atoms with Crippen molar-refractivity contribution in [2.45, 2.75) is 25.7 Å². The summed E-state index contributed by atoms with van der Waals surface area (Å²) in [5.74, 6) is 0. The van der Waals surface area contributed by atoms with Gasteiger partial charge >= 0.3 is 18.9 Å². The van der Waals surface area contributed by atoms with Gasteiger partial charge in [0.2, 0.25) is 0 Å². The van der Waals surface area contributed by atoms with Gasteiger partial charge in [0, 0.05) is 4.90 Å². The van der Waals surface area contributed by atoms with E-state index in [4.69, 9.17) is 0 Å². The summed E-state index contributed by atoms with van der Waals surface area (Å²) >= 11 is -2.11. The van der Waals surface area contributed by atoms with Gasteiger partial charge in [-0.2, -0.15) is 0 Å². The Morgan fingerprint density at radius 1 is 1.15 bits per heavy atom. The van der Waals surface area contributed by atoms with E-state index < -0.39 is 11.1 Å². The molecule has 2 nitrogen and oxygen atoms in total. The molecule has 0 fully saturated rings. The number of hydrogen-bond acceptors (Lipinski definition) is 2. The Morgan fingerprint density at radius 3 is 2.15 bits per heavy atom. The minimum absolute atomic E-state index is 0. The minimum Gasteiger partial charge on any atom is -0.768 e. The zero-order valence-electron chi connectivity index (χ0n) is 8.38. The number of aryl methyl sites for hydroxylation is 1. The van der Waals surface area contributed by atoms with Crippen LogP contribution < -0.4 is 18.9 Å². The normalized spacial score (nSPS) is 12.0. The maximum absolute atomic E-state index is 10.7. The quantitative estimate of drug-likeness (QED) is 0.414. The van der Waals surface area contributed by atoms with E-state index in [9.17, 15) is 8.76 Å². The molecule has 1 aromatic carbocycles. The second kappa shape index (κ2) is 4.97. The zero-order chi connectivity index (χ0) is 9.30. The standard InChI is InChI=1S/C9H12O2S.Li/c1-6-4-5-9(12(10)11)8(3)7(6)2;/h4-5H,1-3H3,(H,10,11);/q;+1/p-1. The molecule has 1 aromatic rings. The van der Waals surface area contributed by atoms with Crippen LogP contribution in [0.2, 0.25) is 0 Å². The largest absolute Gasteiger partial charge is 1.00 e. The molecule has 0 aliphatic carbocycles. The molecule has 0 aliphatic rings. The summed E-state index contributed by atoms with van der Waals surface area (Å²) in [4.78, 5) is 0.401. The fourth-order valence-corrected chi connectivity index (χ4v) is 1.69. The van der Waals surface area contributed by atoms with Gasteiger partial charge in [0.1, 0.15) is 0 Å². The van der Waals surface area contributed by atoms with Crippen molar-refractivity contribution < 1.29 is 27.6 Å². The van der Waals surface area contributed by atoms with E-state index in [0.717, 1.165) is 16.7 Å². The van der Waals surface area contributed by atoms with Crippen molar-refractivity contribution in [3.63, 3.8) is 0 Å². The van der Waals surface area contributed by atoms with Crippen molar-refractivity contribution >= 4 is 11.1 Å². The number of benzene rings is 1. The third-order valence-corrected chi connectivity index (χ3v) is 2.99. The molecule has 13 heavy (non-hydrogen) atoms. The Morgan fingerprint density at radius 2 is 1.69 bits per heavy atom. The summed E-state index contributed by atoms with van der Waals surface area (Å²) in [6, 6.07) is 3.47. The van der Waals surface area contributed by atoms with E-state index >= 15 is 0 Å². The van der Waals surface area contributed by atoms with Crippen molar-refractivity contribution in [3.05, 3.63) is 28.8 Å². The van der Waals surface area contributed by atoms with Crippen LogP contribution in [0.15, 0.2) is 17.0 Å². The average molecular weight is 190 g/mol. The summed E-state index contributed by atoms with van der Waals surface area (Å²) in [5.41, 5.74) is 3.03. The van der Waals surface area contributed by atoms with Gasteiger partial charge in [0.05, 0.1) is 0 Å². The van der Waals surface area contributed by atoms with Crippen molar-refractivity contribution in [2.24, 2.45) is 0 Å². The Hall–Kier alpha value is -0.0726. The van der Waals surface area contributed by atoms with Gasteiger partial charge in [-0.15, -0.1) is 0 Å². The maximum atomic E-state index is 10.7. The molecule has 0 aromatic heterocycles. The summed E-state index contributed by atoms with van der Waals surface area (Å²) in [6.45, 7) is 5.73. The van der Waals surface area contributed by atoms with E-state index in [-0.39, 0.29) is 18.9 Å². The first-order chi connectivity index (χ1) is 5.54. The van der Waals surface area contributed by atoms with E-state index in [0.29, 0.717) is 4.90 Å². The Kier molecular flexibility index (Phi) is 4.94. The third-order valence-electron chi connectivity index (χ3n) is 2.19. The molecule has 0 radical (unpaired) electrons. The van der Waals surface area contributed by atoms with Crippen LogP contribution in [0.25, 0.3) is 0 Å². The predicted octanol–water partition coefficient (Wildman–Crippen LogP) is -1.15. The molecule has 0 aliphatic heterocycles. The van der Waals surface area contributed by atoms with Crippen LogP contribution in [0.5, 0.6) is 0 Å². The first-order valence-corrected chi connectivity index (χ1v) is 4.77. The molecular weight excluding hydrogens is 179 g/mol. The summed E-state index contributed by atoms with van der Waals surface area (Å²) in [6.07, 6.45) is 0. The van der Waals surface area contributed by atoms with Crippen molar-refractivity contribution in [2.75, 3.05) is 0 Å². The third kappa shape index (κ3) is 2.68. The molecule has 1 rings (SSSR count). The molecule has 0 saturated heterocycles. The molecule has 0 N–H and O–H groups in total. The molecule has 0 heterocycles. The van der Waals surface area contributed by atoms with Crippen LogP contribution in [0.4, 0.5) is 0 Å². The summed E-state index contributed by atoms with van der Waals surface area (Å²) in [7, 11) is 0. The molecule has 66 valence electrons. The average Bonchev–Trinajstić information content (AvgIpc) is 2.00. The van der Waals surface area contributed by atoms with Crippen LogP contribution in [0.1, 0.15) is 16.7 Å². The Bertz CT molecular complexity index is 337. The van der Waals surface area contributed by atoms with Gasteiger partial charge in [-0.25, -0.2) is 0 Å². The van der Waals surface area contributed by atoms with E-state index in [1.165, 1.54) is 0 Å². The van der Waals surface area contributed by atoms with Crippen molar-refractivity contribution in [1.82, 2.24) is 0 Å². The molecule has 4 heteroatoms. The zero-order valence-corrected chi connectivity index (χ0v) is 9.20. The van der Waals surface area contributed by atoms with Crippen molar-refractivity contribution in [3.8, 4) is 0 Å². The molecular formula is C9H11LiO2S. The molecule has 0 saturated carbocycles. The van der Waals surface area contributed by atoms with Crippen LogP contribution in [0.3, 0.4) is 0 Å². The van der Waals surface area contributed by atoms with Crippen LogP contribution in [0, 0.1) is 20.8 Å². The summed E-state index contributed by atoms with van der Waals surface area (Å²) in [5, 5.41) is 0. The van der Waals surface area contributed by atoms with Gasteiger partial charge in [0.15, 0.2) is 0 Å². The van der Waals surface area contributed by atoms with Gasteiger partial charge in [-0.1, -0.05) is 6.07 Å². The second-order valence-corrected chi connectivity index (χ2v) is 3.77. The van der Waals surface area contributed by atoms with Crippen LogP contribution in [-0.4, -0.2) is 8.76 Å². The van der Waals surface area contributed by atoms with Crippen molar-refractivity contribution in [1.29, 1.82) is 0 Å². The minimum atomic E-state index is -2.11. The van der Waals surface area contributed by atoms with Gasteiger partial charge in [-0.05, 0) is 54.6 Å². The Balaban J connectivity index is 0.00000144. The van der Waals surface area contributed by atoms with Gasteiger partial charge in [0.25, 0.3) is 0 Å². The predicted molar refractivity (Wildman–Crippen MR) is 47.8 cm³/mol. The van der Waals surface area contributed by atoms with Crippen LogP contribution >= 0.6 is 0 Å². The maximum Gasteiger partial charge on any atom is 1.00 e. The first kappa shape index (κ1) is 12.9. The molecule has 0 bridgehead atoms. The fraction of sp³-hybridized carbons (Fsp3) is 0.333. The topological polar surface area (TPSA) is 40.1 Å². The van der Waals surface area contributed by atoms with Gasteiger partial charge in [-0.3, -0.25) is 4.21 Å². The number of hydrogen-bond donors (Lipinski definition) is 0. The van der Waals surface area contributed by atoms with E-state index in [1.807, 2.05) is 26.8 Å². The van der Waals surface area contributed by atoms with E-state index in [2.05, 4.69) is 0 Å². The number of rotatable bonds is 1. The van der Waals surface area contributed by atoms with Gasteiger partial charge < -0.3 is 4.55 Å². The fourth-order valence-electron chi connectivity index (χ4n) is 1.11. The molecule has 1 atom stereocenters.